The maximum atomic E-state index is 12.4. The van der Waals surface area contributed by atoms with Crippen molar-refractivity contribution in [2.45, 2.75) is 25.1 Å². The van der Waals surface area contributed by atoms with E-state index in [1.807, 2.05) is 24.3 Å². The molecule has 1 heterocycles. The third-order valence-electron chi connectivity index (χ3n) is 3.65. The van der Waals surface area contributed by atoms with Crippen LogP contribution in [0.15, 0.2) is 34.8 Å². The van der Waals surface area contributed by atoms with E-state index in [0.717, 1.165) is 14.9 Å². The van der Waals surface area contributed by atoms with Crippen molar-refractivity contribution in [1.82, 2.24) is 10.2 Å². The van der Waals surface area contributed by atoms with Gasteiger partial charge >= 0.3 is 12.1 Å². The number of nitrogens with zero attached hydrogens (tertiary/aromatic N) is 1. The number of amides is 2. The van der Waals surface area contributed by atoms with Gasteiger partial charge in [0.2, 0.25) is 5.91 Å². The molecule has 0 radical (unpaired) electrons. The number of carbonyl (C=O) groups excluding carboxylic acids is 2. The third kappa shape index (κ3) is 5.36. The molecule has 1 N–H and O–H groups in total. The molecule has 2 amide bonds. The molecule has 4 nitrogen and oxygen atoms in total. The van der Waals surface area contributed by atoms with Crippen molar-refractivity contribution < 1.29 is 22.8 Å². The van der Waals surface area contributed by atoms with E-state index in [9.17, 15) is 22.8 Å². The van der Waals surface area contributed by atoms with Crippen LogP contribution in [0.2, 0.25) is 0 Å². The molecule has 0 aromatic heterocycles. The van der Waals surface area contributed by atoms with Gasteiger partial charge in [-0.1, -0.05) is 28.1 Å². The predicted molar refractivity (Wildman–Crippen MR) is 87.0 cm³/mol. The lowest BCUT2D eigenvalue weighted by Gasteiger charge is -2.32. The van der Waals surface area contributed by atoms with Crippen molar-refractivity contribution in [3.63, 3.8) is 0 Å². The van der Waals surface area contributed by atoms with Gasteiger partial charge in [-0.25, -0.2) is 0 Å². The summed E-state index contributed by atoms with van der Waals surface area (Å²) < 4.78 is 38.0. The zero-order valence-electron chi connectivity index (χ0n) is 12.6. The van der Waals surface area contributed by atoms with E-state index >= 15 is 0 Å². The van der Waals surface area contributed by atoms with E-state index in [1.54, 1.807) is 6.08 Å². The summed E-state index contributed by atoms with van der Waals surface area (Å²) in [6.07, 6.45) is -1.20. The second-order valence-corrected chi connectivity index (χ2v) is 6.38. The Labute approximate surface area is 145 Å². The van der Waals surface area contributed by atoms with Gasteiger partial charge < -0.3 is 10.2 Å². The summed E-state index contributed by atoms with van der Waals surface area (Å²) in [5.41, 5.74) is 0.852. The summed E-state index contributed by atoms with van der Waals surface area (Å²) in [5, 5.41) is 2.75. The SMILES string of the molecule is O=C(/C=C/c1cccc(Br)c1)NC1CCN(C(=O)C(F)(F)F)CC1. The van der Waals surface area contributed by atoms with Crippen molar-refractivity contribution in [3.8, 4) is 0 Å². The topological polar surface area (TPSA) is 49.4 Å². The van der Waals surface area contributed by atoms with Crippen LogP contribution in [0.4, 0.5) is 13.2 Å². The van der Waals surface area contributed by atoms with Crippen molar-refractivity contribution in [2.24, 2.45) is 0 Å². The number of piperidine rings is 1. The van der Waals surface area contributed by atoms with Gasteiger partial charge in [0.15, 0.2) is 0 Å². The molecule has 0 spiro atoms. The highest BCUT2D eigenvalue weighted by Crippen LogP contribution is 2.21. The minimum Gasteiger partial charge on any atom is -0.350 e. The molecule has 1 aliphatic rings. The number of likely N-dealkylation sites (tertiary alicyclic amines) is 1. The largest absolute Gasteiger partial charge is 0.471 e. The van der Waals surface area contributed by atoms with Crippen LogP contribution in [0.5, 0.6) is 0 Å². The summed E-state index contributed by atoms with van der Waals surface area (Å²) in [7, 11) is 0. The van der Waals surface area contributed by atoms with Crippen LogP contribution < -0.4 is 5.32 Å². The van der Waals surface area contributed by atoms with Gasteiger partial charge in [-0.05, 0) is 36.6 Å². The number of benzene rings is 1. The van der Waals surface area contributed by atoms with Gasteiger partial charge in [-0.2, -0.15) is 13.2 Å². The number of halogens is 4. The Bertz CT molecular complexity index is 638. The lowest BCUT2D eigenvalue weighted by Crippen LogP contribution is -2.49. The number of carbonyl (C=O) groups is 2. The molecule has 1 aromatic carbocycles. The summed E-state index contributed by atoms with van der Waals surface area (Å²) in [4.78, 5) is 23.8. The van der Waals surface area contributed by atoms with Gasteiger partial charge in [0, 0.05) is 29.7 Å². The maximum Gasteiger partial charge on any atom is 0.471 e. The zero-order chi connectivity index (χ0) is 17.7. The fraction of sp³-hybridized carbons (Fsp3) is 0.375. The molecule has 24 heavy (non-hydrogen) atoms. The van der Waals surface area contributed by atoms with Crippen LogP contribution in [-0.4, -0.2) is 42.0 Å². The molecule has 1 aromatic rings. The number of hydrogen-bond acceptors (Lipinski definition) is 2. The first-order valence-electron chi connectivity index (χ1n) is 7.36. The average Bonchev–Trinajstić information content (AvgIpc) is 2.52. The zero-order valence-corrected chi connectivity index (χ0v) is 14.2. The smallest absolute Gasteiger partial charge is 0.350 e. The minimum atomic E-state index is -4.84. The fourth-order valence-corrected chi connectivity index (χ4v) is 2.85. The fourth-order valence-electron chi connectivity index (χ4n) is 2.44. The molecule has 1 saturated heterocycles. The summed E-state index contributed by atoms with van der Waals surface area (Å²) in [5.74, 6) is -2.13. The normalized spacial score (nSPS) is 16.4. The molecule has 2 rings (SSSR count). The second-order valence-electron chi connectivity index (χ2n) is 5.46. The van der Waals surface area contributed by atoms with Crippen LogP contribution in [0.1, 0.15) is 18.4 Å². The monoisotopic (exact) mass is 404 g/mol. The highest BCUT2D eigenvalue weighted by atomic mass is 79.9. The molecule has 1 aliphatic heterocycles. The molecular formula is C16H16BrF3N2O2. The highest BCUT2D eigenvalue weighted by molar-refractivity contribution is 9.10. The van der Waals surface area contributed by atoms with Crippen molar-refractivity contribution in [1.29, 1.82) is 0 Å². The second kappa shape index (κ2) is 7.83. The summed E-state index contributed by atoms with van der Waals surface area (Å²) in [6.45, 7) is -0.0305. The number of hydrogen-bond donors (Lipinski definition) is 1. The average molecular weight is 405 g/mol. The van der Waals surface area contributed by atoms with Crippen molar-refractivity contribution in [2.75, 3.05) is 13.1 Å². The molecule has 0 unspecified atom stereocenters. The van der Waals surface area contributed by atoms with Crippen LogP contribution in [0.3, 0.4) is 0 Å². The molecule has 0 aliphatic carbocycles. The first-order chi connectivity index (χ1) is 11.3. The van der Waals surface area contributed by atoms with E-state index < -0.39 is 12.1 Å². The summed E-state index contributed by atoms with van der Waals surface area (Å²) >= 11 is 3.33. The van der Waals surface area contributed by atoms with E-state index in [1.165, 1.54) is 6.08 Å². The van der Waals surface area contributed by atoms with Crippen LogP contribution >= 0.6 is 15.9 Å². The van der Waals surface area contributed by atoms with Gasteiger partial charge in [-0.3, -0.25) is 9.59 Å². The van der Waals surface area contributed by atoms with Crippen LogP contribution in [0.25, 0.3) is 6.08 Å². The number of rotatable bonds is 3. The lowest BCUT2D eigenvalue weighted by atomic mass is 10.0. The lowest BCUT2D eigenvalue weighted by molar-refractivity contribution is -0.186. The van der Waals surface area contributed by atoms with Gasteiger partial charge in [0.25, 0.3) is 0 Å². The Morgan fingerprint density at radius 1 is 1.25 bits per heavy atom. The molecule has 1 fully saturated rings. The Morgan fingerprint density at radius 2 is 1.92 bits per heavy atom. The van der Waals surface area contributed by atoms with Gasteiger partial charge in [-0.15, -0.1) is 0 Å². The number of alkyl halides is 3. The Morgan fingerprint density at radius 3 is 2.50 bits per heavy atom. The van der Waals surface area contributed by atoms with E-state index in [0.29, 0.717) is 12.8 Å². The van der Waals surface area contributed by atoms with E-state index in [4.69, 9.17) is 0 Å². The van der Waals surface area contributed by atoms with Gasteiger partial charge in [0.1, 0.15) is 0 Å². The Kier molecular flexibility index (Phi) is 6.04. The maximum absolute atomic E-state index is 12.4. The molecule has 0 bridgehead atoms. The number of nitrogens with one attached hydrogen (secondary N) is 1. The van der Waals surface area contributed by atoms with Crippen molar-refractivity contribution >= 4 is 33.8 Å². The minimum absolute atomic E-state index is 0.0152. The Balaban J connectivity index is 1.81. The Hall–Kier alpha value is -1.83. The first kappa shape index (κ1) is 18.5. The summed E-state index contributed by atoms with van der Waals surface area (Å²) in [6, 6.07) is 7.17. The highest BCUT2D eigenvalue weighted by Gasteiger charge is 2.43. The predicted octanol–water partition coefficient (Wildman–Crippen LogP) is 3.13. The molecule has 8 heteroatoms. The van der Waals surface area contributed by atoms with Crippen LogP contribution in [0, 0.1) is 0 Å². The first-order valence-corrected chi connectivity index (χ1v) is 8.15. The molecule has 0 saturated carbocycles. The van der Waals surface area contributed by atoms with Crippen molar-refractivity contribution in [3.05, 3.63) is 40.4 Å². The molecule has 0 atom stereocenters. The van der Waals surface area contributed by atoms with Gasteiger partial charge in [0.05, 0.1) is 0 Å². The van der Waals surface area contributed by atoms with Crippen LogP contribution in [-0.2, 0) is 9.59 Å². The standard InChI is InChI=1S/C16H16BrF3N2O2/c17-12-3-1-2-11(10-12)4-5-14(23)21-13-6-8-22(9-7-13)15(24)16(18,19)20/h1-5,10,13H,6-9H2,(H,21,23)/b5-4+. The van der Waals surface area contributed by atoms with E-state index in [2.05, 4.69) is 21.2 Å². The quantitative estimate of drug-likeness (QED) is 0.786. The third-order valence-corrected chi connectivity index (χ3v) is 4.14. The molecule has 130 valence electrons. The molecular weight excluding hydrogens is 389 g/mol. The van der Waals surface area contributed by atoms with E-state index in [-0.39, 0.29) is 25.0 Å².